The van der Waals surface area contributed by atoms with Crippen molar-refractivity contribution in [3.8, 4) is 11.1 Å². The summed E-state index contributed by atoms with van der Waals surface area (Å²) in [6.45, 7) is 13.1. The van der Waals surface area contributed by atoms with E-state index in [1.165, 1.54) is 22.6 Å². The zero-order valence-electron chi connectivity index (χ0n) is 14.9. The van der Waals surface area contributed by atoms with Gasteiger partial charge in [-0.05, 0) is 11.8 Å². The van der Waals surface area contributed by atoms with Gasteiger partial charge in [0, 0.05) is 32.7 Å². The molecule has 0 aliphatic carbocycles. The van der Waals surface area contributed by atoms with Crippen molar-refractivity contribution in [2.75, 3.05) is 0 Å². The first kappa shape index (κ1) is 21.5. The summed E-state index contributed by atoms with van der Waals surface area (Å²) in [5, 5.41) is 0. The average Bonchev–Trinajstić information content (AvgIpc) is 2.38. The van der Waals surface area contributed by atoms with Crippen molar-refractivity contribution >= 4 is 0 Å². The van der Waals surface area contributed by atoms with Gasteiger partial charge < -0.3 is 5.92 Å². The van der Waals surface area contributed by atoms with Crippen molar-refractivity contribution < 1.29 is 32.7 Å². The quantitative estimate of drug-likeness (QED) is 0.540. The zero-order chi connectivity index (χ0) is 15.9. The van der Waals surface area contributed by atoms with Gasteiger partial charge in [-0.25, -0.2) is 0 Å². The molecule has 2 aromatic rings. The van der Waals surface area contributed by atoms with Crippen LogP contribution in [0.5, 0.6) is 0 Å². The molecule has 0 aliphatic rings. The van der Waals surface area contributed by atoms with Gasteiger partial charge in [0.1, 0.15) is 0 Å². The summed E-state index contributed by atoms with van der Waals surface area (Å²) in [5.74, 6) is 1.42. The molecule has 0 atom stereocenters. The summed E-state index contributed by atoms with van der Waals surface area (Å²) in [4.78, 5) is 0. The molecule has 0 aromatic heterocycles. The van der Waals surface area contributed by atoms with Crippen LogP contribution in [0.2, 0.25) is 0 Å². The Morgan fingerprint density at radius 2 is 1.45 bits per heavy atom. The molecular formula is C21H28Y-2. The third-order valence-electron chi connectivity index (χ3n) is 2.74. The molecule has 0 saturated carbocycles. The molecule has 0 N–H and O–H groups in total. The molecule has 0 fully saturated rings. The van der Waals surface area contributed by atoms with Crippen LogP contribution in [0, 0.1) is 17.4 Å². The van der Waals surface area contributed by atoms with Crippen LogP contribution >= 0.6 is 0 Å². The maximum Gasteiger partial charge on any atom is 0 e. The topological polar surface area (TPSA) is 0 Å². The van der Waals surface area contributed by atoms with Crippen molar-refractivity contribution in [2.45, 2.75) is 48.0 Å². The third-order valence-corrected chi connectivity index (χ3v) is 2.74. The SMILES string of the molecule is CC(C)(C)Cc1ccccc1-c1[c-]cccc1.C[C-](C)C.[Y]. The predicted octanol–water partition coefficient (Wildman–Crippen LogP) is 6.36. The molecule has 22 heavy (non-hydrogen) atoms. The van der Waals surface area contributed by atoms with Gasteiger partial charge in [0.2, 0.25) is 0 Å². The molecule has 1 radical (unpaired) electrons. The Hall–Kier alpha value is -0.456. The van der Waals surface area contributed by atoms with Gasteiger partial charge in [-0.2, -0.15) is 20.8 Å². The van der Waals surface area contributed by atoms with E-state index in [1.54, 1.807) is 0 Å². The van der Waals surface area contributed by atoms with E-state index >= 15 is 0 Å². The molecule has 0 amide bonds. The van der Waals surface area contributed by atoms with E-state index in [0.29, 0.717) is 5.41 Å². The predicted molar refractivity (Wildman–Crippen MR) is 94.1 cm³/mol. The number of hydrogen-bond acceptors (Lipinski definition) is 0. The summed E-state index contributed by atoms with van der Waals surface area (Å²) in [7, 11) is 0. The molecule has 2 aromatic carbocycles. The normalized spacial score (nSPS) is 10.5. The molecule has 117 valence electrons. The maximum atomic E-state index is 3.31. The van der Waals surface area contributed by atoms with Crippen molar-refractivity contribution in [1.82, 2.24) is 0 Å². The largest absolute Gasteiger partial charge is 0.323 e. The first-order valence-electron chi connectivity index (χ1n) is 7.61. The number of benzene rings is 2. The molecule has 1 heteroatoms. The Bertz CT molecular complexity index is 518. The van der Waals surface area contributed by atoms with E-state index in [-0.39, 0.29) is 32.7 Å². The van der Waals surface area contributed by atoms with Crippen molar-refractivity contribution in [3.05, 3.63) is 66.1 Å². The van der Waals surface area contributed by atoms with E-state index in [0.717, 1.165) is 6.42 Å². The van der Waals surface area contributed by atoms with E-state index < -0.39 is 0 Å². The fraction of sp³-hybridized carbons (Fsp3) is 0.381. The van der Waals surface area contributed by atoms with Gasteiger partial charge in [-0.15, -0.1) is 35.9 Å². The minimum atomic E-state index is 0. The summed E-state index contributed by atoms with van der Waals surface area (Å²) < 4.78 is 0. The maximum absolute atomic E-state index is 3.31. The molecular weight excluding hydrogens is 341 g/mol. The summed E-state index contributed by atoms with van der Waals surface area (Å²) in [6.07, 6.45) is 1.09. The molecule has 0 unspecified atom stereocenters. The number of hydrogen-bond donors (Lipinski definition) is 0. The monoisotopic (exact) mass is 369 g/mol. The van der Waals surface area contributed by atoms with Crippen LogP contribution in [0.25, 0.3) is 11.1 Å². The first-order valence-corrected chi connectivity index (χ1v) is 7.61. The Labute approximate surface area is 162 Å². The molecule has 0 spiro atoms. The summed E-state index contributed by atoms with van der Waals surface area (Å²) >= 11 is 0. The van der Waals surface area contributed by atoms with E-state index in [4.69, 9.17) is 0 Å². The van der Waals surface area contributed by atoms with Crippen molar-refractivity contribution in [2.24, 2.45) is 5.41 Å². The van der Waals surface area contributed by atoms with Crippen LogP contribution in [0.4, 0.5) is 0 Å². The zero-order valence-corrected chi connectivity index (χ0v) is 17.7. The van der Waals surface area contributed by atoms with Gasteiger partial charge in [0.25, 0.3) is 0 Å². The first-order chi connectivity index (χ1) is 9.79. The van der Waals surface area contributed by atoms with E-state index in [1.807, 2.05) is 12.1 Å². The van der Waals surface area contributed by atoms with Gasteiger partial charge in [-0.1, -0.05) is 56.2 Å². The minimum absolute atomic E-state index is 0. The Morgan fingerprint density at radius 3 is 1.95 bits per heavy atom. The molecule has 0 aliphatic heterocycles. The Balaban J connectivity index is 0.000000791. The van der Waals surface area contributed by atoms with Crippen LogP contribution < -0.4 is 0 Å². The second-order valence-electron chi connectivity index (χ2n) is 7.17. The Kier molecular flexibility index (Phi) is 10.1. The number of rotatable bonds is 2. The van der Waals surface area contributed by atoms with Crippen LogP contribution in [-0.2, 0) is 39.1 Å². The van der Waals surface area contributed by atoms with Gasteiger partial charge in [-0.3, -0.25) is 0 Å². The van der Waals surface area contributed by atoms with Crippen molar-refractivity contribution in [3.63, 3.8) is 0 Å². The van der Waals surface area contributed by atoms with Crippen LogP contribution in [0.1, 0.15) is 47.1 Å². The fourth-order valence-corrected chi connectivity index (χ4v) is 2.07. The average molecular weight is 369 g/mol. The minimum Gasteiger partial charge on any atom is -0.323 e. The third kappa shape index (κ3) is 8.86. The van der Waals surface area contributed by atoms with Crippen LogP contribution in [0.15, 0.2) is 48.5 Å². The van der Waals surface area contributed by atoms with Gasteiger partial charge >= 0.3 is 0 Å². The molecule has 0 heterocycles. The molecule has 0 nitrogen and oxygen atoms in total. The van der Waals surface area contributed by atoms with E-state index in [2.05, 4.69) is 84.0 Å². The molecule has 0 bridgehead atoms. The summed E-state index contributed by atoms with van der Waals surface area (Å²) in [6, 6.07) is 20.1. The van der Waals surface area contributed by atoms with Gasteiger partial charge in [0.15, 0.2) is 0 Å². The van der Waals surface area contributed by atoms with Gasteiger partial charge in [0.05, 0.1) is 0 Å². The second kappa shape index (κ2) is 10.3. The van der Waals surface area contributed by atoms with Crippen molar-refractivity contribution in [1.29, 1.82) is 0 Å². The Morgan fingerprint density at radius 1 is 0.909 bits per heavy atom. The fourth-order valence-electron chi connectivity index (χ4n) is 2.07. The van der Waals surface area contributed by atoms with E-state index in [9.17, 15) is 0 Å². The second-order valence-corrected chi connectivity index (χ2v) is 7.17. The smallest absolute Gasteiger partial charge is 0 e. The van der Waals surface area contributed by atoms with Crippen LogP contribution in [-0.4, -0.2) is 0 Å². The molecule has 0 saturated heterocycles. The molecule has 2 rings (SSSR count). The van der Waals surface area contributed by atoms with Crippen LogP contribution in [0.3, 0.4) is 0 Å². The standard InChI is InChI=1S/C17H19.C4H9.Y/c1-17(2,3)13-15-11-7-8-12-16(15)14-9-5-4-6-10-14;1-4(2)3;/h4-9,11-12H,13H2,1-3H3;1-3H3;/q2*-1;. The summed E-state index contributed by atoms with van der Waals surface area (Å²) in [5.41, 5.74) is 4.21.